The quantitative estimate of drug-likeness (QED) is 0.733. The van der Waals surface area contributed by atoms with Gasteiger partial charge in [-0.1, -0.05) is 48.5 Å². The maximum atomic E-state index is 9.51. The summed E-state index contributed by atoms with van der Waals surface area (Å²) in [5.74, 6) is 0.299. The summed E-state index contributed by atoms with van der Waals surface area (Å²) in [6, 6.07) is 21.0. The van der Waals surface area contributed by atoms with Crippen LogP contribution in [0.2, 0.25) is 0 Å². The highest BCUT2D eigenvalue weighted by molar-refractivity contribution is 7.71. The first-order valence-corrected chi connectivity index (χ1v) is 7.06. The molecule has 0 saturated heterocycles. The molecule has 3 rings (SSSR count). The Kier molecular flexibility index (Phi) is 3.69. The number of aromatic nitrogens is 2. The number of rotatable bonds is 2. The molecule has 0 aliphatic carbocycles. The van der Waals surface area contributed by atoms with E-state index in [-0.39, 0.29) is 0 Å². The van der Waals surface area contributed by atoms with Crippen LogP contribution in [0.4, 0.5) is 5.82 Å². The van der Waals surface area contributed by atoms with E-state index >= 15 is 0 Å². The van der Waals surface area contributed by atoms with Gasteiger partial charge >= 0.3 is 0 Å². The fourth-order valence-corrected chi connectivity index (χ4v) is 2.57. The number of nitrogens with two attached hydrogens (primary N) is 1. The molecule has 0 spiro atoms. The largest absolute Gasteiger partial charge is 0.384 e. The molecule has 106 valence electrons. The molecule has 22 heavy (non-hydrogen) atoms. The zero-order valence-electron chi connectivity index (χ0n) is 11.6. The molecule has 3 aromatic rings. The number of anilines is 1. The SMILES string of the molecule is N#Cc1c(-c2ccccc2)nc(=S)n(-c2ccccc2)c1N. The number of hydrogen-bond donors (Lipinski definition) is 1. The average Bonchev–Trinajstić information content (AvgIpc) is 2.56. The minimum absolute atomic E-state index is 0.299. The van der Waals surface area contributed by atoms with Gasteiger partial charge in [-0.05, 0) is 24.4 Å². The first-order chi connectivity index (χ1) is 10.7. The molecular weight excluding hydrogens is 292 g/mol. The second kappa shape index (κ2) is 5.80. The van der Waals surface area contributed by atoms with E-state index in [4.69, 9.17) is 18.0 Å². The molecule has 0 fully saturated rings. The van der Waals surface area contributed by atoms with Gasteiger partial charge in [-0.25, -0.2) is 4.98 Å². The predicted octanol–water partition coefficient (Wildman–Crippen LogP) is 3.72. The van der Waals surface area contributed by atoms with Crippen LogP contribution < -0.4 is 5.73 Å². The van der Waals surface area contributed by atoms with Crippen molar-refractivity contribution in [3.05, 3.63) is 71.0 Å². The molecule has 4 nitrogen and oxygen atoms in total. The summed E-state index contributed by atoms with van der Waals surface area (Å²) < 4.78 is 1.93. The summed E-state index contributed by atoms with van der Waals surface area (Å²) in [7, 11) is 0. The van der Waals surface area contributed by atoms with Crippen molar-refractivity contribution in [2.24, 2.45) is 0 Å². The third-order valence-electron chi connectivity index (χ3n) is 3.31. The predicted molar refractivity (Wildman–Crippen MR) is 89.0 cm³/mol. The van der Waals surface area contributed by atoms with Crippen LogP contribution in [-0.2, 0) is 0 Å². The van der Waals surface area contributed by atoms with Gasteiger partial charge in [-0.2, -0.15) is 5.26 Å². The Bertz CT molecular complexity index is 909. The Morgan fingerprint density at radius 2 is 1.59 bits per heavy atom. The van der Waals surface area contributed by atoms with Crippen LogP contribution in [-0.4, -0.2) is 9.55 Å². The lowest BCUT2D eigenvalue weighted by molar-refractivity contribution is 0.967. The van der Waals surface area contributed by atoms with Crippen LogP contribution in [0.25, 0.3) is 16.9 Å². The van der Waals surface area contributed by atoms with E-state index in [0.717, 1.165) is 11.3 Å². The minimum atomic E-state index is 0.299. The zero-order chi connectivity index (χ0) is 15.5. The van der Waals surface area contributed by atoms with Crippen molar-refractivity contribution < 1.29 is 0 Å². The van der Waals surface area contributed by atoms with Gasteiger partial charge in [-0.15, -0.1) is 0 Å². The van der Waals surface area contributed by atoms with Crippen molar-refractivity contribution in [2.75, 3.05) is 5.73 Å². The monoisotopic (exact) mass is 304 g/mol. The van der Waals surface area contributed by atoms with Gasteiger partial charge in [0.05, 0.1) is 5.69 Å². The maximum Gasteiger partial charge on any atom is 0.206 e. The molecule has 5 heteroatoms. The second-order valence-corrected chi connectivity index (χ2v) is 5.02. The van der Waals surface area contributed by atoms with Gasteiger partial charge < -0.3 is 5.73 Å². The molecule has 0 unspecified atom stereocenters. The summed E-state index contributed by atoms with van der Waals surface area (Å²) in [6.45, 7) is 0. The molecule has 0 aliphatic rings. The van der Waals surface area contributed by atoms with E-state index in [1.807, 2.05) is 60.7 Å². The van der Waals surface area contributed by atoms with Crippen molar-refractivity contribution >= 4 is 18.0 Å². The van der Waals surface area contributed by atoms with E-state index in [1.165, 1.54) is 0 Å². The first-order valence-electron chi connectivity index (χ1n) is 6.66. The second-order valence-electron chi connectivity index (χ2n) is 4.65. The standard InChI is InChI=1S/C17H12N4S/c18-11-14-15(12-7-3-1-4-8-12)20-17(22)21(16(14)19)13-9-5-2-6-10-13/h1-10H,19H2. The maximum absolute atomic E-state index is 9.51. The average molecular weight is 304 g/mol. The van der Waals surface area contributed by atoms with Gasteiger partial charge in [0, 0.05) is 11.3 Å². The highest BCUT2D eigenvalue weighted by Gasteiger charge is 2.15. The number of para-hydroxylation sites is 1. The molecule has 1 aromatic heterocycles. The topological polar surface area (TPSA) is 67.6 Å². The Balaban J connectivity index is 2.31. The van der Waals surface area contributed by atoms with Crippen LogP contribution in [0.5, 0.6) is 0 Å². The van der Waals surface area contributed by atoms with Crippen molar-refractivity contribution in [2.45, 2.75) is 0 Å². The summed E-state index contributed by atoms with van der Waals surface area (Å²) in [4.78, 5) is 4.43. The Morgan fingerprint density at radius 1 is 1.00 bits per heavy atom. The van der Waals surface area contributed by atoms with E-state index in [0.29, 0.717) is 21.8 Å². The number of nitrogens with zero attached hydrogens (tertiary/aromatic N) is 3. The van der Waals surface area contributed by atoms with Crippen LogP contribution in [0.1, 0.15) is 5.56 Å². The van der Waals surface area contributed by atoms with Crippen molar-refractivity contribution in [3.8, 4) is 23.0 Å². The number of benzene rings is 2. The molecule has 0 aliphatic heterocycles. The summed E-state index contributed by atoms with van der Waals surface area (Å²) >= 11 is 5.38. The van der Waals surface area contributed by atoms with Crippen LogP contribution in [0.3, 0.4) is 0 Å². The van der Waals surface area contributed by atoms with E-state index < -0.39 is 0 Å². The highest BCUT2D eigenvalue weighted by atomic mass is 32.1. The van der Waals surface area contributed by atoms with Crippen LogP contribution in [0, 0.1) is 16.1 Å². The van der Waals surface area contributed by atoms with Crippen LogP contribution >= 0.6 is 12.2 Å². The molecule has 2 N–H and O–H groups in total. The smallest absolute Gasteiger partial charge is 0.206 e. The van der Waals surface area contributed by atoms with Gasteiger partial charge in [-0.3, -0.25) is 4.57 Å². The molecule has 1 heterocycles. The fraction of sp³-hybridized carbons (Fsp3) is 0. The molecule has 2 aromatic carbocycles. The number of nitriles is 1. The molecule has 0 radical (unpaired) electrons. The fourth-order valence-electron chi connectivity index (χ4n) is 2.28. The lowest BCUT2D eigenvalue weighted by Gasteiger charge is -2.14. The van der Waals surface area contributed by atoms with Gasteiger partial charge in [0.1, 0.15) is 17.5 Å². The van der Waals surface area contributed by atoms with Crippen molar-refractivity contribution in [1.29, 1.82) is 5.26 Å². The third kappa shape index (κ3) is 2.36. The normalized spacial score (nSPS) is 10.1. The van der Waals surface area contributed by atoms with Gasteiger partial charge in [0.25, 0.3) is 0 Å². The van der Waals surface area contributed by atoms with Crippen LogP contribution in [0.15, 0.2) is 60.7 Å². The molecule has 0 amide bonds. The third-order valence-corrected chi connectivity index (χ3v) is 3.58. The Hall–Kier alpha value is -2.97. The summed E-state index contributed by atoms with van der Waals surface area (Å²) in [6.07, 6.45) is 0. The highest BCUT2D eigenvalue weighted by Crippen LogP contribution is 2.27. The van der Waals surface area contributed by atoms with Crippen molar-refractivity contribution in [1.82, 2.24) is 9.55 Å². The molecule has 0 saturated carbocycles. The summed E-state index contributed by atoms with van der Waals surface area (Å²) in [5.41, 5.74) is 8.64. The van der Waals surface area contributed by atoms with Gasteiger partial charge in [0.15, 0.2) is 0 Å². The Labute approximate surface area is 133 Å². The minimum Gasteiger partial charge on any atom is -0.384 e. The van der Waals surface area contributed by atoms with E-state index in [2.05, 4.69) is 11.1 Å². The molecule has 0 bridgehead atoms. The number of hydrogen-bond acceptors (Lipinski definition) is 4. The Morgan fingerprint density at radius 3 is 2.18 bits per heavy atom. The number of nitrogen functional groups attached to an aromatic ring is 1. The van der Waals surface area contributed by atoms with E-state index in [1.54, 1.807) is 4.57 Å². The van der Waals surface area contributed by atoms with Crippen molar-refractivity contribution in [3.63, 3.8) is 0 Å². The summed E-state index contributed by atoms with van der Waals surface area (Å²) in [5, 5.41) is 9.51. The molecule has 0 atom stereocenters. The lowest BCUT2D eigenvalue weighted by Crippen LogP contribution is -2.10. The van der Waals surface area contributed by atoms with Gasteiger partial charge in [0.2, 0.25) is 4.77 Å². The lowest BCUT2D eigenvalue weighted by atomic mass is 10.1. The zero-order valence-corrected chi connectivity index (χ0v) is 12.4. The van der Waals surface area contributed by atoms with E-state index in [9.17, 15) is 5.26 Å². The first kappa shape index (κ1) is 14.0. The molecular formula is C17H12N4S.